The van der Waals surface area contributed by atoms with Crippen molar-refractivity contribution in [2.45, 2.75) is 0 Å². The molecule has 2 N–H and O–H groups in total. The van der Waals surface area contributed by atoms with Crippen molar-refractivity contribution in [1.82, 2.24) is 4.98 Å². The Morgan fingerprint density at radius 1 is 1.08 bits per heavy atom. The monoisotopic (exact) mass is 383 g/mol. The Hall–Kier alpha value is -2.35. The molecule has 0 fully saturated rings. The number of carbonyl (C=O) groups is 2. The van der Waals surface area contributed by atoms with Crippen LogP contribution in [0.2, 0.25) is 10.2 Å². The molecule has 7 nitrogen and oxygen atoms in total. The van der Waals surface area contributed by atoms with Crippen LogP contribution in [0.15, 0.2) is 36.4 Å². The van der Waals surface area contributed by atoms with Crippen LogP contribution in [-0.2, 0) is 9.47 Å². The van der Waals surface area contributed by atoms with E-state index in [0.29, 0.717) is 18.0 Å². The number of anilines is 2. The van der Waals surface area contributed by atoms with Gasteiger partial charge in [-0.25, -0.2) is 9.78 Å². The fourth-order valence-corrected chi connectivity index (χ4v) is 2.15. The number of rotatable bonds is 6. The molecular weight excluding hydrogens is 369 g/mol. The first-order valence-corrected chi connectivity index (χ1v) is 7.91. The number of hydrogen-bond donors (Lipinski definition) is 2. The summed E-state index contributed by atoms with van der Waals surface area (Å²) in [5, 5.41) is 5.51. The predicted molar refractivity (Wildman–Crippen MR) is 95.5 cm³/mol. The second-order valence-electron chi connectivity index (χ2n) is 4.75. The molecule has 0 saturated carbocycles. The van der Waals surface area contributed by atoms with Crippen LogP contribution in [0, 0.1) is 0 Å². The van der Waals surface area contributed by atoms with Crippen molar-refractivity contribution >= 4 is 46.6 Å². The van der Waals surface area contributed by atoms with Crippen LogP contribution in [-0.4, -0.2) is 37.3 Å². The van der Waals surface area contributed by atoms with E-state index in [2.05, 4.69) is 15.6 Å². The molecule has 2 rings (SSSR count). The summed E-state index contributed by atoms with van der Waals surface area (Å²) in [6.45, 7) is 0.439. The zero-order valence-corrected chi connectivity index (χ0v) is 14.7. The Morgan fingerprint density at radius 2 is 1.80 bits per heavy atom. The lowest BCUT2D eigenvalue weighted by molar-refractivity contribution is 0.102. The smallest absolute Gasteiger partial charge is 0.411 e. The molecule has 0 bridgehead atoms. The lowest BCUT2D eigenvalue weighted by Gasteiger charge is -2.10. The summed E-state index contributed by atoms with van der Waals surface area (Å²) in [5.41, 5.74) is 0.898. The number of nitrogens with one attached hydrogen (secondary N) is 2. The lowest BCUT2D eigenvalue weighted by atomic mass is 10.2. The third-order valence-corrected chi connectivity index (χ3v) is 3.43. The van der Waals surface area contributed by atoms with Gasteiger partial charge in [-0.1, -0.05) is 29.3 Å². The van der Waals surface area contributed by atoms with Crippen LogP contribution in [0.25, 0.3) is 0 Å². The van der Waals surface area contributed by atoms with Crippen molar-refractivity contribution in [2.24, 2.45) is 0 Å². The zero-order chi connectivity index (χ0) is 18.2. The maximum absolute atomic E-state index is 12.3. The highest BCUT2D eigenvalue weighted by atomic mass is 35.5. The predicted octanol–water partition coefficient (Wildman–Crippen LogP) is 3.84. The lowest BCUT2D eigenvalue weighted by Crippen LogP contribution is -2.17. The highest BCUT2D eigenvalue weighted by Crippen LogP contribution is 2.20. The summed E-state index contributed by atoms with van der Waals surface area (Å²) in [6, 6.07) is 9.50. The van der Waals surface area contributed by atoms with Gasteiger partial charge in [0.05, 0.1) is 11.6 Å². The minimum Gasteiger partial charge on any atom is -0.447 e. The van der Waals surface area contributed by atoms with E-state index in [4.69, 9.17) is 32.7 Å². The Labute approximate surface area is 154 Å². The number of hydrogen-bond acceptors (Lipinski definition) is 5. The van der Waals surface area contributed by atoms with Crippen LogP contribution in [0.5, 0.6) is 0 Å². The largest absolute Gasteiger partial charge is 0.447 e. The van der Waals surface area contributed by atoms with Gasteiger partial charge < -0.3 is 14.8 Å². The second kappa shape index (κ2) is 9.22. The number of carbonyl (C=O) groups excluding carboxylic acids is 2. The molecule has 9 heteroatoms. The van der Waals surface area contributed by atoms with Crippen molar-refractivity contribution < 1.29 is 19.1 Å². The number of pyridine rings is 1. The summed E-state index contributed by atoms with van der Waals surface area (Å²) in [7, 11) is 1.51. The number of ether oxygens (including phenoxy) is 2. The summed E-state index contributed by atoms with van der Waals surface area (Å²) < 4.78 is 9.69. The molecule has 1 aromatic heterocycles. The fraction of sp³-hybridized carbons (Fsp3) is 0.188. The van der Waals surface area contributed by atoms with Crippen molar-refractivity contribution in [1.29, 1.82) is 0 Å². The van der Waals surface area contributed by atoms with E-state index in [0.717, 1.165) is 0 Å². The Morgan fingerprint density at radius 3 is 2.52 bits per heavy atom. The SMILES string of the molecule is COCCOC(=O)Nc1cccc(NC(=O)c2nc(Cl)ccc2Cl)c1. The molecular formula is C16H15Cl2N3O4. The highest BCUT2D eigenvalue weighted by molar-refractivity contribution is 6.35. The van der Waals surface area contributed by atoms with Gasteiger partial charge in [-0.2, -0.15) is 0 Å². The molecule has 0 aliphatic carbocycles. The minimum atomic E-state index is -0.625. The van der Waals surface area contributed by atoms with Gasteiger partial charge in [-0.05, 0) is 30.3 Å². The molecule has 132 valence electrons. The molecule has 25 heavy (non-hydrogen) atoms. The van der Waals surface area contributed by atoms with Gasteiger partial charge in [0.25, 0.3) is 5.91 Å². The van der Waals surface area contributed by atoms with Gasteiger partial charge in [-0.3, -0.25) is 10.1 Å². The van der Waals surface area contributed by atoms with Gasteiger partial charge in [0.15, 0.2) is 0 Å². The zero-order valence-electron chi connectivity index (χ0n) is 13.2. The first-order valence-electron chi connectivity index (χ1n) is 7.16. The van der Waals surface area contributed by atoms with Crippen LogP contribution in [0.4, 0.5) is 16.2 Å². The summed E-state index contributed by atoms with van der Waals surface area (Å²) in [5.74, 6) is -0.521. The molecule has 0 saturated heterocycles. The van der Waals surface area contributed by atoms with Crippen molar-refractivity contribution in [3.8, 4) is 0 Å². The van der Waals surface area contributed by atoms with Gasteiger partial charge in [-0.15, -0.1) is 0 Å². The molecule has 1 heterocycles. The van der Waals surface area contributed by atoms with Crippen molar-refractivity contribution in [3.63, 3.8) is 0 Å². The number of benzene rings is 1. The van der Waals surface area contributed by atoms with Crippen LogP contribution in [0.1, 0.15) is 10.5 Å². The third kappa shape index (κ3) is 5.90. The Kier molecular flexibility index (Phi) is 7.00. The highest BCUT2D eigenvalue weighted by Gasteiger charge is 2.13. The first kappa shape index (κ1) is 19.0. The molecule has 0 aliphatic rings. The minimum absolute atomic E-state index is 0.00602. The fourth-order valence-electron chi connectivity index (χ4n) is 1.81. The normalized spacial score (nSPS) is 10.2. The number of nitrogens with zero attached hydrogens (tertiary/aromatic N) is 1. The molecule has 0 atom stereocenters. The van der Waals surface area contributed by atoms with Gasteiger partial charge in [0, 0.05) is 18.5 Å². The van der Waals surface area contributed by atoms with Gasteiger partial charge in [0.1, 0.15) is 17.5 Å². The number of amides is 2. The molecule has 2 aromatic rings. The van der Waals surface area contributed by atoms with Crippen LogP contribution in [0.3, 0.4) is 0 Å². The van der Waals surface area contributed by atoms with Crippen molar-refractivity contribution in [2.75, 3.05) is 31.0 Å². The van der Waals surface area contributed by atoms with Gasteiger partial charge >= 0.3 is 6.09 Å². The van der Waals surface area contributed by atoms with E-state index >= 15 is 0 Å². The number of methoxy groups -OCH3 is 1. The van der Waals surface area contributed by atoms with E-state index in [9.17, 15) is 9.59 Å². The van der Waals surface area contributed by atoms with E-state index in [1.165, 1.54) is 19.2 Å². The standard InChI is InChI=1S/C16H15Cl2N3O4/c1-24-7-8-25-16(23)20-11-4-2-3-10(9-11)19-15(22)14-12(17)5-6-13(18)21-14/h2-6,9H,7-8H2,1H3,(H,19,22)(H,20,23). The summed E-state index contributed by atoms with van der Waals surface area (Å²) >= 11 is 11.7. The number of halogens is 2. The number of aromatic nitrogens is 1. The van der Waals surface area contributed by atoms with Gasteiger partial charge in [0.2, 0.25) is 0 Å². The average molecular weight is 384 g/mol. The second-order valence-corrected chi connectivity index (χ2v) is 5.55. The van der Waals surface area contributed by atoms with Crippen LogP contribution >= 0.6 is 23.2 Å². The van der Waals surface area contributed by atoms with E-state index in [1.807, 2.05) is 0 Å². The quantitative estimate of drug-likeness (QED) is 0.584. The average Bonchev–Trinajstić information content (AvgIpc) is 2.57. The summed E-state index contributed by atoms with van der Waals surface area (Å²) in [4.78, 5) is 27.8. The Balaban J connectivity index is 2.02. The van der Waals surface area contributed by atoms with E-state index in [-0.39, 0.29) is 22.5 Å². The molecule has 0 radical (unpaired) electrons. The topological polar surface area (TPSA) is 89.5 Å². The van der Waals surface area contributed by atoms with E-state index < -0.39 is 12.0 Å². The Bertz CT molecular complexity index is 771. The first-order chi connectivity index (χ1) is 12.0. The van der Waals surface area contributed by atoms with E-state index in [1.54, 1.807) is 24.3 Å². The molecule has 1 aromatic carbocycles. The molecule has 0 aliphatic heterocycles. The molecule has 0 unspecified atom stereocenters. The maximum atomic E-state index is 12.3. The van der Waals surface area contributed by atoms with Crippen molar-refractivity contribution in [3.05, 3.63) is 52.3 Å². The third-order valence-electron chi connectivity index (χ3n) is 2.91. The maximum Gasteiger partial charge on any atom is 0.411 e. The van der Waals surface area contributed by atoms with Crippen LogP contribution < -0.4 is 10.6 Å². The summed E-state index contributed by atoms with van der Waals surface area (Å²) in [6.07, 6.45) is -0.625. The molecule has 0 spiro atoms. The molecule has 2 amide bonds.